The zero-order chi connectivity index (χ0) is 34.8. The lowest BCUT2D eigenvalue weighted by molar-refractivity contribution is 0.668. The van der Waals surface area contributed by atoms with E-state index in [4.69, 9.17) is 8.83 Å². The first-order valence-electron chi connectivity index (χ1n) is 17.2. The van der Waals surface area contributed by atoms with E-state index >= 15 is 0 Å². The van der Waals surface area contributed by atoms with Crippen LogP contribution >= 0.6 is 31.9 Å². The second-order valence-corrected chi connectivity index (χ2v) is 14.9. The maximum absolute atomic E-state index is 6.16. The summed E-state index contributed by atoms with van der Waals surface area (Å²) in [5.41, 5.74) is 8.57. The second kappa shape index (κ2) is 12.5. The first-order valence-corrected chi connectivity index (χ1v) is 18.8. The minimum absolute atomic E-state index is 0.914. The Morgan fingerprint density at radius 3 is 1.29 bits per heavy atom. The lowest BCUT2D eigenvalue weighted by Gasteiger charge is -2.10. The highest BCUT2D eigenvalue weighted by Crippen LogP contribution is 2.41. The van der Waals surface area contributed by atoms with Crippen molar-refractivity contribution in [1.82, 2.24) is 0 Å². The average Bonchev–Trinajstić information content (AvgIpc) is 3.74. The monoisotopic (exact) mass is 794 g/mol. The molecule has 2 nitrogen and oxygen atoms in total. The van der Waals surface area contributed by atoms with Crippen LogP contribution in [-0.2, 0) is 0 Å². The number of halogens is 2. The number of rotatable bonds is 2. The molecule has 0 aliphatic carbocycles. The Hall–Kier alpha value is -5.68. The number of benzene rings is 9. The number of hydrogen-bond donors (Lipinski definition) is 0. The van der Waals surface area contributed by atoms with Gasteiger partial charge in [0.15, 0.2) is 0 Å². The van der Waals surface area contributed by atoms with E-state index in [9.17, 15) is 0 Å². The van der Waals surface area contributed by atoms with E-state index in [-0.39, 0.29) is 0 Å². The lowest BCUT2D eigenvalue weighted by atomic mass is 9.93. The molecule has 0 amide bonds. The van der Waals surface area contributed by atoms with Crippen LogP contribution in [0.1, 0.15) is 0 Å². The fourth-order valence-electron chi connectivity index (χ4n) is 7.67. The summed E-state index contributed by atoms with van der Waals surface area (Å²) in [5, 5.41) is 12.2. The Balaban J connectivity index is 0.000000130. The van der Waals surface area contributed by atoms with Crippen molar-refractivity contribution in [2.45, 2.75) is 0 Å². The van der Waals surface area contributed by atoms with Crippen LogP contribution in [0.15, 0.2) is 188 Å². The van der Waals surface area contributed by atoms with Gasteiger partial charge in [-0.15, -0.1) is 0 Å². The molecule has 0 unspecified atom stereocenters. The van der Waals surface area contributed by atoms with Gasteiger partial charge in [0.25, 0.3) is 0 Å². The Bertz CT molecular complexity index is 3150. The minimum Gasteiger partial charge on any atom is -0.456 e. The largest absolute Gasteiger partial charge is 0.456 e. The number of furan rings is 2. The molecule has 0 fully saturated rings. The first-order chi connectivity index (χ1) is 25.6. The van der Waals surface area contributed by atoms with Crippen molar-refractivity contribution in [3.8, 4) is 22.3 Å². The average molecular weight is 797 g/mol. The molecule has 2 aromatic heterocycles. The molecular weight excluding hydrogens is 768 g/mol. The highest BCUT2D eigenvalue weighted by atomic mass is 79.9. The van der Waals surface area contributed by atoms with Crippen molar-refractivity contribution < 1.29 is 8.83 Å². The van der Waals surface area contributed by atoms with Crippen LogP contribution in [0.5, 0.6) is 0 Å². The highest BCUT2D eigenvalue weighted by molar-refractivity contribution is 9.10. The summed E-state index contributed by atoms with van der Waals surface area (Å²) in [7, 11) is 0. The third-order valence-electron chi connectivity index (χ3n) is 10.1. The maximum Gasteiger partial charge on any atom is 0.136 e. The Kier molecular flexibility index (Phi) is 7.49. The Labute approximate surface area is 316 Å². The molecule has 0 saturated carbocycles. The highest BCUT2D eigenvalue weighted by Gasteiger charge is 2.14. The molecule has 4 heteroatoms. The summed E-state index contributed by atoms with van der Waals surface area (Å²) in [4.78, 5) is 0. The maximum atomic E-state index is 6.16. The molecular formula is C48H28Br2O2. The molecule has 9 aromatic carbocycles. The number of hydrogen-bond acceptors (Lipinski definition) is 2. The summed E-state index contributed by atoms with van der Waals surface area (Å²) in [6, 6.07) is 59.6. The van der Waals surface area contributed by atoms with Gasteiger partial charge in [0.1, 0.15) is 22.3 Å². The van der Waals surface area contributed by atoms with Crippen LogP contribution < -0.4 is 0 Å². The van der Waals surface area contributed by atoms with E-state index in [1.165, 1.54) is 54.6 Å². The summed E-state index contributed by atoms with van der Waals surface area (Å²) in [5.74, 6) is 0. The SMILES string of the molecule is Brc1ccc2oc3cc4c5ccccc5c5ccccc5c4cc3c2c1.Brc1ccc2oc3ccc(-c4ccccc4-c4ccccc4)cc3c2c1. The minimum atomic E-state index is 0.914. The molecule has 0 bridgehead atoms. The third-order valence-corrected chi connectivity index (χ3v) is 11.0. The second-order valence-electron chi connectivity index (χ2n) is 13.1. The van der Waals surface area contributed by atoms with E-state index < -0.39 is 0 Å². The van der Waals surface area contributed by atoms with E-state index in [2.05, 4.69) is 171 Å². The van der Waals surface area contributed by atoms with Crippen LogP contribution in [0.4, 0.5) is 0 Å². The van der Waals surface area contributed by atoms with Crippen LogP contribution in [0.3, 0.4) is 0 Å². The van der Waals surface area contributed by atoms with Gasteiger partial charge < -0.3 is 8.83 Å². The number of fused-ring (bicyclic) bond motifs is 12. The van der Waals surface area contributed by atoms with E-state index in [1.54, 1.807) is 0 Å². The standard InChI is InChI=1S/C24H13BrO.C24H15BrO/c25-14-9-10-23-21(11-14)22-12-19-17-7-3-1-5-15(17)16-6-2-4-8-18(16)20(19)13-24(22)26-23;25-18-11-13-24-22(15-18)21-14-17(10-12-23(21)26-24)20-9-5-4-8-19(20)16-6-2-1-3-7-16/h1-13H;1-15H. The van der Waals surface area contributed by atoms with Gasteiger partial charge in [-0.05, 0) is 115 Å². The Morgan fingerprint density at radius 2 is 0.692 bits per heavy atom. The molecule has 246 valence electrons. The molecule has 0 N–H and O–H groups in total. The molecule has 52 heavy (non-hydrogen) atoms. The van der Waals surface area contributed by atoms with Crippen molar-refractivity contribution in [3.05, 3.63) is 179 Å². The van der Waals surface area contributed by atoms with Crippen LogP contribution in [0.2, 0.25) is 0 Å². The Morgan fingerprint density at radius 1 is 0.269 bits per heavy atom. The third kappa shape index (κ3) is 5.21. The summed E-state index contributed by atoms with van der Waals surface area (Å²) in [6.07, 6.45) is 0. The van der Waals surface area contributed by atoms with Gasteiger partial charge in [-0.1, -0.05) is 141 Å². The van der Waals surface area contributed by atoms with Gasteiger partial charge in [0, 0.05) is 30.5 Å². The van der Waals surface area contributed by atoms with Gasteiger partial charge in [-0.2, -0.15) is 0 Å². The fraction of sp³-hybridized carbons (Fsp3) is 0. The molecule has 0 atom stereocenters. The summed E-state index contributed by atoms with van der Waals surface area (Å²) in [6.45, 7) is 0. The smallest absolute Gasteiger partial charge is 0.136 e. The summed E-state index contributed by atoms with van der Waals surface area (Å²) >= 11 is 7.15. The van der Waals surface area contributed by atoms with Gasteiger partial charge in [0.2, 0.25) is 0 Å². The van der Waals surface area contributed by atoms with Crippen molar-refractivity contribution in [2.24, 2.45) is 0 Å². The van der Waals surface area contributed by atoms with Gasteiger partial charge in [0.05, 0.1) is 0 Å². The molecule has 11 aromatic rings. The molecule has 0 aliphatic heterocycles. The quantitative estimate of drug-likeness (QED) is 0.163. The van der Waals surface area contributed by atoms with E-state index in [1.807, 2.05) is 30.3 Å². The molecule has 0 aliphatic rings. The zero-order valence-corrected chi connectivity index (χ0v) is 30.9. The van der Waals surface area contributed by atoms with Crippen LogP contribution in [0, 0.1) is 0 Å². The predicted molar refractivity (Wildman–Crippen MR) is 226 cm³/mol. The normalized spacial score (nSPS) is 11.7. The molecule has 2 heterocycles. The van der Waals surface area contributed by atoms with Gasteiger partial charge in [-0.3, -0.25) is 0 Å². The van der Waals surface area contributed by atoms with Crippen molar-refractivity contribution in [2.75, 3.05) is 0 Å². The topological polar surface area (TPSA) is 26.3 Å². The van der Waals surface area contributed by atoms with Gasteiger partial charge in [-0.25, -0.2) is 0 Å². The van der Waals surface area contributed by atoms with Crippen molar-refractivity contribution in [1.29, 1.82) is 0 Å². The molecule has 0 saturated heterocycles. The molecule has 11 rings (SSSR count). The van der Waals surface area contributed by atoms with Crippen LogP contribution in [-0.4, -0.2) is 0 Å². The first kappa shape index (κ1) is 31.1. The molecule has 0 radical (unpaired) electrons. The van der Waals surface area contributed by atoms with Crippen LogP contribution in [0.25, 0.3) is 98.4 Å². The molecule has 0 spiro atoms. The van der Waals surface area contributed by atoms with E-state index in [0.717, 1.165) is 52.8 Å². The van der Waals surface area contributed by atoms with Crippen molar-refractivity contribution in [3.63, 3.8) is 0 Å². The lowest BCUT2D eigenvalue weighted by Crippen LogP contribution is -1.84. The fourth-order valence-corrected chi connectivity index (χ4v) is 8.39. The summed E-state index contributed by atoms with van der Waals surface area (Å²) < 4.78 is 14.3. The zero-order valence-electron chi connectivity index (χ0n) is 27.7. The predicted octanol–water partition coefficient (Wildman–Crippen LogP) is 15.5. The van der Waals surface area contributed by atoms with Crippen molar-refractivity contribution >= 4 is 108 Å². The van der Waals surface area contributed by atoms with E-state index in [0.29, 0.717) is 0 Å². The van der Waals surface area contributed by atoms with Gasteiger partial charge >= 0.3 is 0 Å².